The van der Waals surface area contributed by atoms with Gasteiger partial charge in [-0.2, -0.15) is 0 Å². The molecule has 2 aliphatic rings. The van der Waals surface area contributed by atoms with Crippen molar-refractivity contribution in [3.05, 3.63) is 59.2 Å². The first-order valence-electron chi connectivity index (χ1n) is 9.44. The standard InChI is InChI=1S/C22H25N3O2/c1-22-11-10-20(26)25(2)19(22)9-6-14-13-17(7-8-18(14)22)24-21(27)15-4-3-5-16(23)12-15/h3-5,7-8,12-13,19H,6,9-11,23H2,1-2H3,(H,24,27)/t19-,22-/m1/s1. The fourth-order valence-electron chi connectivity index (χ4n) is 4.75. The summed E-state index contributed by atoms with van der Waals surface area (Å²) in [6, 6.07) is 13.4. The second-order valence-corrected chi connectivity index (χ2v) is 7.93. The fourth-order valence-corrected chi connectivity index (χ4v) is 4.75. The molecule has 1 heterocycles. The third-order valence-corrected chi connectivity index (χ3v) is 6.27. The van der Waals surface area contributed by atoms with Crippen molar-refractivity contribution in [1.82, 2.24) is 4.90 Å². The molecule has 2 aromatic carbocycles. The summed E-state index contributed by atoms with van der Waals surface area (Å²) in [7, 11) is 1.93. The number of fused-ring (bicyclic) bond motifs is 3. The van der Waals surface area contributed by atoms with E-state index < -0.39 is 0 Å². The molecule has 0 unspecified atom stereocenters. The molecule has 2 atom stereocenters. The molecule has 0 saturated carbocycles. The van der Waals surface area contributed by atoms with E-state index in [1.165, 1.54) is 11.1 Å². The summed E-state index contributed by atoms with van der Waals surface area (Å²) in [5.74, 6) is 0.0806. The maximum Gasteiger partial charge on any atom is 0.255 e. The smallest absolute Gasteiger partial charge is 0.255 e. The maximum atomic E-state index is 12.5. The molecule has 0 aromatic heterocycles. The van der Waals surface area contributed by atoms with E-state index in [0.29, 0.717) is 17.7 Å². The number of nitrogens with one attached hydrogen (secondary N) is 1. The van der Waals surface area contributed by atoms with Crippen LogP contribution in [0.3, 0.4) is 0 Å². The highest BCUT2D eigenvalue weighted by Crippen LogP contribution is 2.46. The number of amides is 2. The number of carbonyl (C=O) groups is 2. The van der Waals surface area contributed by atoms with E-state index in [1.807, 2.05) is 18.0 Å². The van der Waals surface area contributed by atoms with Gasteiger partial charge in [-0.05, 0) is 60.7 Å². The highest BCUT2D eigenvalue weighted by atomic mass is 16.2. The van der Waals surface area contributed by atoms with Crippen molar-refractivity contribution in [2.24, 2.45) is 0 Å². The number of hydrogen-bond donors (Lipinski definition) is 2. The second-order valence-electron chi connectivity index (χ2n) is 7.93. The van der Waals surface area contributed by atoms with Gasteiger partial charge in [-0.3, -0.25) is 9.59 Å². The minimum absolute atomic E-state index is 0.0212. The van der Waals surface area contributed by atoms with Crippen LogP contribution in [0.1, 0.15) is 47.7 Å². The number of aryl methyl sites for hydroxylation is 1. The zero-order valence-electron chi connectivity index (χ0n) is 15.8. The van der Waals surface area contributed by atoms with Crippen LogP contribution >= 0.6 is 0 Å². The number of piperidine rings is 1. The number of rotatable bonds is 2. The third kappa shape index (κ3) is 2.97. The molecular formula is C22H25N3O2. The Labute approximate surface area is 159 Å². The minimum atomic E-state index is -0.162. The summed E-state index contributed by atoms with van der Waals surface area (Å²) in [6.07, 6.45) is 3.34. The Morgan fingerprint density at radius 1 is 1.22 bits per heavy atom. The molecule has 140 valence electrons. The van der Waals surface area contributed by atoms with Gasteiger partial charge in [-0.1, -0.05) is 19.1 Å². The van der Waals surface area contributed by atoms with Gasteiger partial charge in [0.25, 0.3) is 5.91 Å². The normalized spacial score (nSPS) is 24.1. The Balaban J connectivity index is 1.60. The quantitative estimate of drug-likeness (QED) is 0.804. The number of anilines is 2. The summed E-state index contributed by atoms with van der Waals surface area (Å²) in [4.78, 5) is 26.5. The molecule has 4 rings (SSSR count). The van der Waals surface area contributed by atoms with Gasteiger partial charge in [0, 0.05) is 41.9 Å². The van der Waals surface area contributed by atoms with Crippen LogP contribution in [0.4, 0.5) is 11.4 Å². The summed E-state index contributed by atoms with van der Waals surface area (Å²) in [6.45, 7) is 2.27. The van der Waals surface area contributed by atoms with E-state index >= 15 is 0 Å². The van der Waals surface area contributed by atoms with Gasteiger partial charge in [0.2, 0.25) is 5.91 Å². The monoisotopic (exact) mass is 363 g/mol. The van der Waals surface area contributed by atoms with Crippen molar-refractivity contribution in [2.75, 3.05) is 18.1 Å². The van der Waals surface area contributed by atoms with Crippen molar-refractivity contribution in [3.63, 3.8) is 0 Å². The maximum absolute atomic E-state index is 12.5. The second kappa shape index (κ2) is 6.41. The Kier molecular flexibility index (Phi) is 4.17. The van der Waals surface area contributed by atoms with Crippen molar-refractivity contribution in [3.8, 4) is 0 Å². The van der Waals surface area contributed by atoms with Crippen LogP contribution in [0, 0.1) is 0 Å². The first-order valence-corrected chi connectivity index (χ1v) is 9.44. The molecule has 5 nitrogen and oxygen atoms in total. The molecule has 1 aliphatic heterocycles. The van der Waals surface area contributed by atoms with E-state index in [1.54, 1.807) is 24.3 Å². The molecule has 0 spiro atoms. The van der Waals surface area contributed by atoms with Crippen molar-refractivity contribution < 1.29 is 9.59 Å². The van der Waals surface area contributed by atoms with Crippen LogP contribution in [0.5, 0.6) is 0 Å². The summed E-state index contributed by atoms with van der Waals surface area (Å²) >= 11 is 0. The van der Waals surface area contributed by atoms with Gasteiger partial charge < -0.3 is 16.0 Å². The fraction of sp³-hybridized carbons (Fsp3) is 0.364. The highest BCUT2D eigenvalue weighted by molar-refractivity contribution is 6.04. The van der Waals surface area contributed by atoms with Crippen LogP contribution in [0.2, 0.25) is 0 Å². The average Bonchev–Trinajstić information content (AvgIpc) is 2.65. The molecule has 27 heavy (non-hydrogen) atoms. The van der Waals surface area contributed by atoms with Gasteiger partial charge in [-0.15, -0.1) is 0 Å². The Hall–Kier alpha value is -2.82. The molecule has 1 saturated heterocycles. The lowest BCUT2D eigenvalue weighted by Gasteiger charge is -2.50. The van der Waals surface area contributed by atoms with Crippen LogP contribution in [-0.2, 0) is 16.6 Å². The average molecular weight is 363 g/mol. The van der Waals surface area contributed by atoms with Gasteiger partial charge >= 0.3 is 0 Å². The lowest BCUT2D eigenvalue weighted by Crippen LogP contribution is -2.56. The molecule has 2 aromatic rings. The molecule has 2 amide bonds. The zero-order chi connectivity index (χ0) is 19.2. The zero-order valence-corrected chi connectivity index (χ0v) is 15.8. The molecular weight excluding hydrogens is 338 g/mol. The summed E-state index contributed by atoms with van der Waals surface area (Å²) in [5.41, 5.74) is 10.2. The Bertz CT molecular complexity index is 924. The molecule has 1 fully saturated rings. The van der Waals surface area contributed by atoms with Gasteiger partial charge in [0.1, 0.15) is 0 Å². The highest BCUT2D eigenvalue weighted by Gasteiger charge is 2.46. The van der Waals surface area contributed by atoms with Gasteiger partial charge in [0.05, 0.1) is 0 Å². The molecule has 1 aliphatic carbocycles. The first kappa shape index (κ1) is 17.6. The number of benzene rings is 2. The number of nitrogens with zero attached hydrogens (tertiary/aromatic N) is 1. The third-order valence-electron chi connectivity index (χ3n) is 6.27. The SMILES string of the molecule is CN1C(=O)CC[C@]2(C)c3ccc(NC(=O)c4cccc(N)c4)cc3CC[C@@H]12. The largest absolute Gasteiger partial charge is 0.399 e. The van der Waals surface area contributed by atoms with Crippen molar-refractivity contribution in [2.45, 2.75) is 44.1 Å². The van der Waals surface area contributed by atoms with E-state index in [0.717, 1.165) is 24.9 Å². The van der Waals surface area contributed by atoms with Crippen LogP contribution in [-0.4, -0.2) is 29.8 Å². The van der Waals surface area contributed by atoms with E-state index in [-0.39, 0.29) is 23.3 Å². The number of hydrogen-bond acceptors (Lipinski definition) is 3. The van der Waals surface area contributed by atoms with Crippen LogP contribution < -0.4 is 11.1 Å². The van der Waals surface area contributed by atoms with Gasteiger partial charge in [0.15, 0.2) is 0 Å². The Morgan fingerprint density at radius 2 is 2.04 bits per heavy atom. The first-order chi connectivity index (χ1) is 12.9. The van der Waals surface area contributed by atoms with E-state index in [9.17, 15) is 9.59 Å². The van der Waals surface area contributed by atoms with Crippen LogP contribution in [0.25, 0.3) is 0 Å². The predicted octanol–water partition coefficient (Wildman–Crippen LogP) is 3.35. The van der Waals surface area contributed by atoms with E-state index in [2.05, 4.69) is 24.4 Å². The predicted molar refractivity (Wildman–Crippen MR) is 107 cm³/mol. The van der Waals surface area contributed by atoms with Gasteiger partial charge in [-0.25, -0.2) is 0 Å². The number of likely N-dealkylation sites (tertiary alicyclic amines) is 1. The summed E-state index contributed by atoms with van der Waals surface area (Å²) in [5, 5.41) is 2.98. The lowest BCUT2D eigenvalue weighted by molar-refractivity contribution is -0.138. The molecule has 0 radical (unpaired) electrons. The molecule has 0 bridgehead atoms. The topological polar surface area (TPSA) is 75.4 Å². The van der Waals surface area contributed by atoms with E-state index in [4.69, 9.17) is 5.73 Å². The number of nitrogens with two attached hydrogens (primary N) is 1. The Morgan fingerprint density at radius 3 is 2.81 bits per heavy atom. The summed E-state index contributed by atoms with van der Waals surface area (Å²) < 4.78 is 0. The molecule has 3 N–H and O–H groups in total. The number of nitrogen functional groups attached to an aromatic ring is 1. The minimum Gasteiger partial charge on any atom is -0.399 e. The lowest BCUT2D eigenvalue weighted by atomic mass is 9.63. The van der Waals surface area contributed by atoms with Crippen molar-refractivity contribution in [1.29, 1.82) is 0 Å². The van der Waals surface area contributed by atoms with Crippen molar-refractivity contribution >= 4 is 23.2 Å². The number of carbonyl (C=O) groups excluding carboxylic acids is 2. The number of likely N-dealkylation sites (N-methyl/N-ethyl adjacent to an activating group) is 1. The molecule has 5 heteroatoms. The van der Waals surface area contributed by atoms with Crippen LogP contribution in [0.15, 0.2) is 42.5 Å².